The average Bonchev–Trinajstić information content (AvgIpc) is 3.04. The molecule has 8 heteroatoms. The number of nitrogens with two attached hydrogens (primary N) is 1. The molecule has 1 saturated heterocycles. The lowest BCUT2D eigenvalue weighted by molar-refractivity contribution is -0.119. The van der Waals surface area contributed by atoms with Crippen LogP contribution >= 0.6 is 23.1 Å². The molecule has 1 amide bonds. The standard InChI is InChI=1S/C15H25N5OS2/c1-17-14(18-5-3-8-22-15-19-6-9-23-15)20-7-2-4-12(11-20)10-13(16)21/h6,9,12H,2-5,7-8,10-11H2,1H3,(H2,16,21)(H,17,18). The minimum Gasteiger partial charge on any atom is -0.370 e. The van der Waals surface area contributed by atoms with Gasteiger partial charge in [-0.3, -0.25) is 9.79 Å². The van der Waals surface area contributed by atoms with Gasteiger partial charge in [-0.05, 0) is 25.2 Å². The number of amides is 1. The van der Waals surface area contributed by atoms with Crippen LogP contribution in [0.4, 0.5) is 0 Å². The van der Waals surface area contributed by atoms with E-state index in [1.54, 1.807) is 23.1 Å². The topological polar surface area (TPSA) is 83.6 Å². The van der Waals surface area contributed by atoms with Gasteiger partial charge in [0.05, 0.1) is 0 Å². The molecule has 2 heterocycles. The van der Waals surface area contributed by atoms with Crippen LogP contribution < -0.4 is 11.1 Å². The lowest BCUT2D eigenvalue weighted by Gasteiger charge is -2.34. The van der Waals surface area contributed by atoms with E-state index in [1.807, 2.05) is 18.6 Å². The monoisotopic (exact) mass is 355 g/mol. The Labute approximate surface area is 145 Å². The minimum atomic E-state index is -0.209. The number of thioether (sulfide) groups is 1. The maximum atomic E-state index is 11.1. The number of nitrogens with one attached hydrogen (secondary N) is 1. The summed E-state index contributed by atoms with van der Waals surface area (Å²) in [4.78, 5) is 22.0. The van der Waals surface area contributed by atoms with Crippen LogP contribution in [-0.2, 0) is 4.79 Å². The molecule has 0 aromatic carbocycles. The third-order valence-corrected chi connectivity index (χ3v) is 5.81. The summed E-state index contributed by atoms with van der Waals surface area (Å²) in [6.45, 7) is 2.74. The Bertz CT molecular complexity index is 506. The molecule has 1 aromatic rings. The van der Waals surface area contributed by atoms with Gasteiger partial charge in [0, 0.05) is 50.4 Å². The highest BCUT2D eigenvalue weighted by Crippen LogP contribution is 2.21. The van der Waals surface area contributed by atoms with Crippen molar-refractivity contribution in [3.8, 4) is 0 Å². The molecule has 1 aliphatic heterocycles. The van der Waals surface area contributed by atoms with Gasteiger partial charge in [-0.2, -0.15) is 0 Å². The lowest BCUT2D eigenvalue weighted by Crippen LogP contribution is -2.47. The molecule has 1 unspecified atom stereocenters. The van der Waals surface area contributed by atoms with Crippen LogP contribution in [-0.4, -0.2) is 54.2 Å². The number of carbonyl (C=O) groups is 1. The second-order valence-corrected chi connectivity index (χ2v) is 7.84. The summed E-state index contributed by atoms with van der Waals surface area (Å²) in [7, 11) is 1.81. The number of likely N-dealkylation sites (tertiary alicyclic amines) is 1. The fraction of sp³-hybridized carbons (Fsp3) is 0.667. The van der Waals surface area contributed by atoms with Crippen LogP contribution in [0.2, 0.25) is 0 Å². The van der Waals surface area contributed by atoms with Gasteiger partial charge in [0.15, 0.2) is 5.96 Å². The third kappa shape index (κ3) is 6.39. The van der Waals surface area contributed by atoms with E-state index in [4.69, 9.17) is 5.73 Å². The lowest BCUT2D eigenvalue weighted by atomic mass is 9.95. The highest BCUT2D eigenvalue weighted by atomic mass is 32.2. The molecule has 1 aromatic heterocycles. The summed E-state index contributed by atoms with van der Waals surface area (Å²) in [6.07, 6.45) is 5.52. The molecule has 0 radical (unpaired) electrons. The normalized spacial score (nSPS) is 18.9. The molecule has 6 nitrogen and oxygen atoms in total. The second kappa shape index (κ2) is 9.77. The summed E-state index contributed by atoms with van der Waals surface area (Å²) < 4.78 is 1.12. The third-order valence-electron chi connectivity index (χ3n) is 3.76. The van der Waals surface area contributed by atoms with E-state index in [-0.39, 0.29) is 5.91 Å². The fourth-order valence-electron chi connectivity index (χ4n) is 2.75. The van der Waals surface area contributed by atoms with Crippen LogP contribution in [0.25, 0.3) is 0 Å². The number of hydrogen-bond donors (Lipinski definition) is 2. The van der Waals surface area contributed by atoms with Gasteiger partial charge in [0.2, 0.25) is 5.91 Å². The Morgan fingerprint density at radius 3 is 3.22 bits per heavy atom. The summed E-state index contributed by atoms with van der Waals surface area (Å²) in [5, 5.41) is 5.42. The van der Waals surface area contributed by atoms with Gasteiger partial charge >= 0.3 is 0 Å². The van der Waals surface area contributed by atoms with Gasteiger partial charge in [0.1, 0.15) is 4.34 Å². The molecule has 0 spiro atoms. The van der Waals surface area contributed by atoms with Crippen molar-refractivity contribution in [1.82, 2.24) is 15.2 Å². The minimum absolute atomic E-state index is 0.209. The van der Waals surface area contributed by atoms with Crippen LogP contribution in [0.3, 0.4) is 0 Å². The SMILES string of the molecule is CN=C(NCCCSc1nccs1)N1CCCC(CC(N)=O)C1. The summed E-state index contributed by atoms with van der Waals surface area (Å²) in [5.74, 6) is 2.11. The smallest absolute Gasteiger partial charge is 0.217 e. The van der Waals surface area contributed by atoms with Crippen LogP contribution in [0.15, 0.2) is 20.9 Å². The van der Waals surface area contributed by atoms with Crippen molar-refractivity contribution in [2.45, 2.75) is 30.0 Å². The van der Waals surface area contributed by atoms with Crippen molar-refractivity contribution < 1.29 is 4.79 Å². The maximum Gasteiger partial charge on any atom is 0.217 e. The zero-order valence-corrected chi connectivity index (χ0v) is 15.2. The van der Waals surface area contributed by atoms with E-state index in [2.05, 4.69) is 20.2 Å². The molecule has 1 aliphatic rings. The van der Waals surface area contributed by atoms with Crippen molar-refractivity contribution in [3.05, 3.63) is 11.6 Å². The van der Waals surface area contributed by atoms with Crippen molar-refractivity contribution in [1.29, 1.82) is 0 Å². The predicted octanol–water partition coefficient (Wildman–Crippen LogP) is 1.79. The number of thiazole rings is 1. The van der Waals surface area contributed by atoms with E-state index >= 15 is 0 Å². The van der Waals surface area contributed by atoms with Crippen LogP contribution in [0, 0.1) is 5.92 Å². The van der Waals surface area contributed by atoms with Gasteiger partial charge in [-0.1, -0.05) is 11.8 Å². The average molecular weight is 356 g/mol. The molecular formula is C15H25N5OS2. The van der Waals surface area contributed by atoms with Crippen molar-refractivity contribution in [2.24, 2.45) is 16.6 Å². The quantitative estimate of drug-likeness (QED) is 0.337. The molecule has 0 saturated carbocycles. The zero-order chi connectivity index (χ0) is 16.5. The van der Waals surface area contributed by atoms with Crippen molar-refractivity contribution in [2.75, 3.05) is 32.4 Å². The van der Waals surface area contributed by atoms with Gasteiger partial charge in [-0.25, -0.2) is 4.98 Å². The Hall–Kier alpha value is -1.28. The fourth-order valence-corrected chi connectivity index (χ4v) is 4.40. The maximum absolute atomic E-state index is 11.1. The number of aliphatic imine (C=N–C) groups is 1. The van der Waals surface area contributed by atoms with Gasteiger partial charge < -0.3 is 16.0 Å². The van der Waals surface area contributed by atoms with Crippen molar-refractivity contribution >= 4 is 35.0 Å². The summed E-state index contributed by atoms with van der Waals surface area (Å²) >= 11 is 3.47. The van der Waals surface area contributed by atoms with E-state index in [0.29, 0.717) is 12.3 Å². The zero-order valence-electron chi connectivity index (χ0n) is 13.5. The van der Waals surface area contributed by atoms with Crippen LogP contribution in [0.5, 0.6) is 0 Å². The number of piperidine rings is 1. The van der Waals surface area contributed by atoms with Crippen LogP contribution in [0.1, 0.15) is 25.7 Å². The number of guanidine groups is 1. The predicted molar refractivity (Wildman–Crippen MR) is 96.9 cm³/mol. The number of primary amides is 1. The molecular weight excluding hydrogens is 330 g/mol. The molecule has 0 bridgehead atoms. The number of aromatic nitrogens is 1. The highest BCUT2D eigenvalue weighted by molar-refractivity contribution is 8.00. The summed E-state index contributed by atoms with van der Waals surface area (Å²) in [6, 6.07) is 0. The molecule has 3 N–H and O–H groups in total. The summed E-state index contributed by atoms with van der Waals surface area (Å²) in [5.41, 5.74) is 5.32. The first kappa shape index (κ1) is 18.1. The van der Waals surface area contributed by atoms with E-state index < -0.39 is 0 Å². The van der Waals surface area contributed by atoms with E-state index in [9.17, 15) is 4.79 Å². The number of nitrogens with zero attached hydrogens (tertiary/aromatic N) is 3. The Balaban J connectivity index is 1.68. The first-order valence-corrected chi connectivity index (χ1v) is 9.81. The molecule has 0 aliphatic carbocycles. The number of carbonyl (C=O) groups excluding carboxylic acids is 1. The molecule has 1 atom stereocenters. The molecule has 1 fully saturated rings. The van der Waals surface area contributed by atoms with E-state index in [1.165, 1.54) is 0 Å². The number of rotatable bonds is 7. The molecule has 128 valence electrons. The van der Waals surface area contributed by atoms with Crippen molar-refractivity contribution in [3.63, 3.8) is 0 Å². The Kier molecular flexibility index (Phi) is 7.67. The second-order valence-electron chi connectivity index (χ2n) is 5.60. The molecule has 23 heavy (non-hydrogen) atoms. The first-order chi connectivity index (χ1) is 11.2. The molecule has 2 rings (SSSR count). The highest BCUT2D eigenvalue weighted by Gasteiger charge is 2.23. The largest absolute Gasteiger partial charge is 0.370 e. The first-order valence-electron chi connectivity index (χ1n) is 7.95. The number of hydrogen-bond acceptors (Lipinski definition) is 5. The Morgan fingerprint density at radius 1 is 1.65 bits per heavy atom. The van der Waals surface area contributed by atoms with Gasteiger partial charge in [-0.15, -0.1) is 11.3 Å². The Morgan fingerprint density at radius 2 is 2.52 bits per heavy atom. The van der Waals surface area contributed by atoms with E-state index in [0.717, 1.165) is 54.9 Å². The van der Waals surface area contributed by atoms with Gasteiger partial charge in [0.25, 0.3) is 0 Å².